The molecule has 1 heterocycles. The van der Waals surface area contributed by atoms with E-state index in [1.165, 1.54) is 17.7 Å². The third-order valence-electron chi connectivity index (χ3n) is 3.87. The van der Waals surface area contributed by atoms with Gasteiger partial charge in [-0.3, -0.25) is 0 Å². The Kier molecular flexibility index (Phi) is 3.12. The Labute approximate surface area is 125 Å². The van der Waals surface area contributed by atoms with Gasteiger partial charge in [0.15, 0.2) is 0 Å². The molecule has 0 radical (unpaired) electrons. The first kappa shape index (κ1) is 13.9. The summed E-state index contributed by atoms with van der Waals surface area (Å²) in [6, 6.07) is 10.8. The molecule has 3 rings (SSSR count). The first-order valence-electron chi connectivity index (χ1n) is 7.13. The van der Waals surface area contributed by atoms with E-state index < -0.39 is 0 Å². The average molecular weight is 282 g/mol. The van der Waals surface area contributed by atoms with Crippen LogP contribution in [0.25, 0.3) is 5.57 Å². The zero-order valence-electron chi connectivity index (χ0n) is 12.7. The highest BCUT2D eigenvalue weighted by atomic mass is 19.1. The minimum atomic E-state index is -0.244. The average Bonchev–Trinajstić information content (AvgIpc) is 2.53. The van der Waals surface area contributed by atoms with Crippen LogP contribution in [0.4, 0.5) is 4.39 Å². The van der Waals surface area contributed by atoms with Gasteiger partial charge < -0.3 is 4.74 Å². The molecule has 0 saturated carbocycles. The summed E-state index contributed by atoms with van der Waals surface area (Å²) >= 11 is 0. The predicted molar refractivity (Wildman–Crippen MR) is 84.4 cm³/mol. The molecule has 2 aromatic carbocycles. The van der Waals surface area contributed by atoms with Gasteiger partial charge in [0.25, 0.3) is 0 Å². The van der Waals surface area contributed by atoms with Crippen LogP contribution >= 0.6 is 0 Å². The molecule has 0 aromatic heterocycles. The number of rotatable bonds is 0. The molecule has 108 valence electrons. The van der Waals surface area contributed by atoms with Gasteiger partial charge in [-0.2, -0.15) is 0 Å². The van der Waals surface area contributed by atoms with E-state index in [4.69, 9.17) is 4.74 Å². The van der Waals surface area contributed by atoms with Crippen LogP contribution in [-0.4, -0.2) is 0 Å². The molecule has 0 atom stereocenters. The smallest absolute Gasteiger partial charge is 0.134 e. The molecule has 0 saturated heterocycles. The van der Waals surface area contributed by atoms with Crippen molar-refractivity contribution in [1.29, 1.82) is 0 Å². The minimum Gasteiger partial charge on any atom is -0.456 e. The van der Waals surface area contributed by atoms with E-state index >= 15 is 0 Å². The second kappa shape index (κ2) is 4.73. The highest BCUT2D eigenvalue weighted by molar-refractivity contribution is 5.74. The van der Waals surface area contributed by atoms with Crippen molar-refractivity contribution in [3.8, 4) is 11.5 Å². The van der Waals surface area contributed by atoms with Crippen molar-refractivity contribution in [1.82, 2.24) is 0 Å². The summed E-state index contributed by atoms with van der Waals surface area (Å²) in [4.78, 5) is 0. The van der Waals surface area contributed by atoms with Gasteiger partial charge in [-0.25, -0.2) is 4.39 Å². The van der Waals surface area contributed by atoms with E-state index in [1.807, 2.05) is 6.07 Å². The molecule has 1 nitrogen and oxygen atoms in total. The second-order valence-corrected chi connectivity index (χ2v) is 6.60. The first-order valence-corrected chi connectivity index (χ1v) is 7.13. The molecule has 2 aromatic rings. The van der Waals surface area contributed by atoms with E-state index in [9.17, 15) is 4.39 Å². The van der Waals surface area contributed by atoms with Crippen molar-refractivity contribution < 1.29 is 9.13 Å². The number of fused-ring (bicyclic) bond motifs is 2. The Hall–Kier alpha value is -2.09. The first-order chi connectivity index (χ1) is 9.84. The van der Waals surface area contributed by atoms with Crippen LogP contribution < -0.4 is 4.74 Å². The van der Waals surface area contributed by atoms with Crippen molar-refractivity contribution in [3.63, 3.8) is 0 Å². The molecule has 0 N–H and O–H groups in total. The Bertz CT molecular complexity index is 723. The van der Waals surface area contributed by atoms with Crippen LogP contribution in [-0.2, 0) is 11.8 Å². The second-order valence-electron chi connectivity index (χ2n) is 6.60. The van der Waals surface area contributed by atoms with Gasteiger partial charge in [-0.15, -0.1) is 0 Å². The fourth-order valence-electron chi connectivity index (χ4n) is 2.59. The van der Waals surface area contributed by atoms with Gasteiger partial charge in [0, 0.05) is 17.5 Å². The van der Waals surface area contributed by atoms with Crippen LogP contribution in [0, 0.1) is 5.82 Å². The zero-order chi connectivity index (χ0) is 15.2. The number of halogens is 1. The molecule has 0 amide bonds. The summed E-state index contributed by atoms with van der Waals surface area (Å²) in [5.74, 6) is 1.25. The summed E-state index contributed by atoms with van der Waals surface area (Å²) in [5, 5.41) is 0. The van der Waals surface area contributed by atoms with Gasteiger partial charge in [0.2, 0.25) is 0 Å². The maximum atomic E-state index is 13.4. The molecule has 0 spiro atoms. The molecule has 2 heteroatoms. The van der Waals surface area contributed by atoms with Crippen LogP contribution in [0.1, 0.15) is 37.5 Å². The number of allylic oxidation sites excluding steroid dienone is 1. The Morgan fingerprint density at radius 2 is 1.76 bits per heavy atom. The lowest BCUT2D eigenvalue weighted by Crippen LogP contribution is -2.11. The topological polar surface area (TPSA) is 9.23 Å². The molecule has 0 bridgehead atoms. The van der Waals surface area contributed by atoms with E-state index in [2.05, 4.69) is 39.5 Å². The van der Waals surface area contributed by atoms with Gasteiger partial charge in [-0.1, -0.05) is 33.4 Å². The Balaban J connectivity index is 2.10. The molecule has 1 aliphatic rings. The van der Waals surface area contributed by atoms with Crippen molar-refractivity contribution in [2.45, 2.75) is 32.6 Å². The van der Waals surface area contributed by atoms with E-state index in [1.54, 1.807) is 6.07 Å². The fourth-order valence-corrected chi connectivity index (χ4v) is 2.59. The summed E-state index contributed by atoms with van der Waals surface area (Å²) in [6.07, 6.45) is 0.605. The molecule has 1 aliphatic heterocycles. The Morgan fingerprint density at radius 1 is 1.05 bits per heavy atom. The predicted octanol–water partition coefficient (Wildman–Crippen LogP) is 5.48. The quantitative estimate of drug-likeness (QED) is 0.621. The van der Waals surface area contributed by atoms with Gasteiger partial charge in [-0.05, 0) is 46.9 Å². The van der Waals surface area contributed by atoms with Gasteiger partial charge in [0.1, 0.15) is 17.3 Å². The lowest BCUT2D eigenvalue weighted by Gasteiger charge is -2.21. The molecule has 21 heavy (non-hydrogen) atoms. The summed E-state index contributed by atoms with van der Waals surface area (Å²) < 4.78 is 19.4. The van der Waals surface area contributed by atoms with Crippen LogP contribution in [0.5, 0.6) is 11.5 Å². The minimum absolute atomic E-state index is 0.0700. The van der Waals surface area contributed by atoms with E-state index in [0.29, 0.717) is 12.2 Å². The lowest BCUT2D eigenvalue weighted by molar-refractivity contribution is 0.476. The van der Waals surface area contributed by atoms with Crippen molar-refractivity contribution in [3.05, 3.63) is 65.5 Å². The summed E-state index contributed by atoms with van der Waals surface area (Å²) in [7, 11) is 0. The SMILES string of the molecule is C=C1Cc2cc(F)ccc2Oc2ccc(C(C)(C)C)cc21. The maximum absolute atomic E-state index is 13.4. The van der Waals surface area contributed by atoms with Gasteiger partial charge in [0.05, 0.1) is 0 Å². The number of benzene rings is 2. The van der Waals surface area contributed by atoms with Crippen molar-refractivity contribution in [2.75, 3.05) is 0 Å². The molecule has 0 aliphatic carbocycles. The van der Waals surface area contributed by atoms with E-state index in [-0.39, 0.29) is 11.2 Å². The Morgan fingerprint density at radius 3 is 2.48 bits per heavy atom. The van der Waals surface area contributed by atoms with Crippen molar-refractivity contribution >= 4 is 5.57 Å². The third-order valence-corrected chi connectivity index (χ3v) is 3.87. The molecule has 0 unspecified atom stereocenters. The summed E-state index contributed by atoms with van der Waals surface area (Å²) in [5.41, 5.74) is 4.12. The van der Waals surface area contributed by atoms with E-state index in [0.717, 1.165) is 22.4 Å². The summed E-state index contributed by atoms with van der Waals surface area (Å²) in [6.45, 7) is 10.7. The zero-order valence-corrected chi connectivity index (χ0v) is 12.7. The maximum Gasteiger partial charge on any atom is 0.134 e. The number of hydrogen-bond donors (Lipinski definition) is 0. The molecular weight excluding hydrogens is 263 g/mol. The largest absolute Gasteiger partial charge is 0.456 e. The third kappa shape index (κ3) is 2.58. The number of ether oxygens (including phenoxy) is 1. The van der Waals surface area contributed by atoms with Crippen molar-refractivity contribution in [2.24, 2.45) is 0 Å². The highest BCUT2D eigenvalue weighted by Gasteiger charge is 2.21. The normalized spacial score (nSPS) is 14.0. The fraction of sp³-hybridized carbons (Fsp3) is 0.263. The standard InChI is InChI=1S/C19H19FO/c1-12-9-13-10-15(20)6-8-17(13)21-18-7-5-14(11-16(12)18)19(2,3)4/h5-8,10-11H,1,9H2,2-4H3. The van der Waals surface area contributed by atoms with Gasteiger partial charge >= 0.3 is 0 Å². The van der Waals surface area contributed by atoms with Crippen LogP contribution in [0.2, 0.25) is 0 Å². The van der Waals surface area contributed by atoms with Crippen LogP contribution in [0.15, 0.2) is 43.0 Å². The monoisotopic (exact) mass is 282 g/mol. The highest BCUT2D eigenvalue weighted by Crippen LogP contribution is 2.40. The molecular formula is C19H19FO. The van der Waals surface area contributed by atoms with Crippen LogP contribution in [0.3, 0.4) is 0 Å². The lowest BCUT2D eigenvalue weighted by atomic mass is 9.85. The molecule has 0 fully saturated rings. The number of hydrogen-bond acceptors (Lipinski definition) is 1.